The molecule has 0 saturated carbocycles. The van der Waals surface area contributed by atoms with Gasteiger partial charge in [-0.1, -0.05) is 55.5 Å². The maximum atomic E-state index is 12.3. The van der Waals surface area contributed by atoms with Crippen LogP contribution in [0.5, 0.6) is 0 Å². The first kappa shape index (κ1) is 21.9. The second-order valence-corrected chi connectivity index (χ2v) is 6.28. The molecule has 2 aromatic carbocycles. The van der Waals surface area contributed by atoms with Gasteiger partial charge < -0.3 is 9.47 Å². The second-order valence-electron chi connectivity index (χ2n) is 6.28. The molecule has 29 heavy (non-hydrogen) atoms. The van der Waals surface area contributed by atoms with Crippen molar-refractivity contribution in [1.82, 2.24) is 0 Å². The standard InChI is InChI=1S/C25H26O4/c1-3-12-23(29-25(27)22-16-9-6-10-17-22)19-20(4-2)13-11-18-28-24(26)21-14-7-5-8-15-21/h3,5-10,13-17,19H,1,4,11-12,18H2,2H3/b20-13+,23-19+. The summed E-state index contributed by atoms with van der Waals surface area (Å²) in [4.78, 5) is 24.2. The molecule has 4 heteroatoms. The Morgan fingerprint density at radius 2 is 1.52 bits per heavy atom. The molecule has 0 aliphatic carbocycles. The zero-order chi connectivity index (χ0) is 20.9. The number of hydrogen-bond acceptors (Lipinski definition) is 4. The normalized spacial score (nSPS) is 11.6. The summed E-state index contributed by atoms with van der Waals surface area (Å²) in [6, 6.07) is 17.8. The summed E-state index contributed by atoms with van der Waals surface area (Å²) in [5.74, 6) is -0.203. The van der Waals surface area contributed by atoms with Crippen LogP contribution >= 0.6 is 0 Å². The van der Waals surface area contributed by atoms with Crippen LogP contribution in [0.4, 0.5) is 0 Å². The average Bonchev–Trinajstić information content (AvgIpc) is 2.76. The lowest BCUT2D eigenvalue weighted by Crippen LogP contribution is -2.06. The molecular weight excluding hydrogens is 364 g/mol. The molecule has 0 aliphatic rings. The molecule has 2 aromatic rings. The van der Waals surface area contributed by atoms with Gasteiger partial charge in [-0.25, -0.2) is 9.59 Å². The van der Waals surface area contributed by atoms with Gasteiger partial charge in [0.15, 0.2) is 0 Å². The lowest BCUT2D eigenvalue weighted by molar-refractivity contribution is 0.0510. The van der Waals surface area contributed by atoms with Crippen molar-refractivity contribution >= 4 is 11.9 Å². The molecule has 0 amide bonds. The summed E-state index contributed by atoms with van der Waals surface area (Å²) in [5.41, 5.74) is 2.03. The zero-order valence-electron chi connectivity index (χ0n) is 16.7. The first-order chi connectivity index (χ1) is 14.1. The molecule has 0 radical (unpaired) electrons. The molecule has 0 aliphatic heterocycles. The van der Waals surface area contributed by atoms with E-state index in [2.05, 4.69) is 6.58 Å². The highest BCUT2D eigenvalue weighted by Gasteiger charge is 2.10. The number of carbonyl (C=O) groups excluding carboxylic acids is 2. The largest absolute Gasteiger partial charge is 0.462 e. The Bertz CT molecular complexity index is 864. The van der Waals surface area contributed by atoms with Crippen LogP contribution < -0.4 is 0 Å². The van der Waals surface area contributed by atoms with Gasteiger partial charge in [-0.15, -0.1) is 6.58 Å². The van der Waals surface area contributed by atoms with E-state index in [1.807, 2.05) is 31.2 Å². The highest BCUT2D eigenvalue weighted by Crippen LogP contribution is 2.15. The van der Waals surface area contributed by atoms with Gasteiger partial charge in [0, 0.05) is 12.8 Å². The number of rotatable bonds is 10. The van der Waals surface area contributed by atoms with E-state index in [1.165, 1.54) is 0 Å². The third kappa shape index (κ3) is 7.62. The average molecular weight is 390 g/mol. The van der Waals surface area contributed by atoms with Crippen molar-refractivity contribution < 1.29 is 19.1 Å². The number of benzene rings is 2. The fourth-order valence-electron chi connectivity index (χ4n) is 2.59. The summed E-state index contributed by atoms with van der Waals surface area (Å²) >= 11 is 0. The van der Waals surface area contributed by atoms with Crippen molar-refractivity contribution in [1.29, 1.82) is 0 Å². The van der Waals surface area contributed by atoms with Gasteiger partial charge in [0.25, 0.3) is 0 Å². The molecule has 0 unspecified atom stereocenters. The van der Waals surface area contributed by atoms with Gasteiger partial charge >= 0.3 is 11.9 Å². The minimum atomic E-state index is -0.397. The van der Waals surface area contributed by atoms with Crippen LogP contribution in [0.2, 0.25) is 0 Å². The molecule has 0 spiro atoms. The van der Waals surface area contributed by atoms with Gasteiger partial charge in [-0.3, -0.25) is 0 Å². The van der Waals surface area contributed by atoms with Crippen LogP contribution in [0.3, 0.4) is 0 Å². The third-order valence-electron chi connectivity index (χ3n) is 4.10. The highest BCUT2D eigenvalue weighted by atomic mass is 16.5. The van der Waals surface area contributed by atoms with Crippen molar-refractivity contribution in [3.8, 4) is 0 Å². The molecule has 150 valence electrons. The lowest BCUT2D eigenvalue weighted by Gasteiger charge is -2.09. The van der Waals surface area contributed by atoms with Crippen molar-refractivity contribution in [2.75, 3.05) is 6.61 Å². The zero-order valence-corrected chi connectivity index (χ0v) is 16.7. The Kier molecular flexibility index (Phi) is 9.16. The van der Waals surface area contributed by atoms with E-state index in [4.69, 9.17) is 9.47 Å². The Morgan fingerprint density at radius 3 is 2.07 bits per heavy atom. The molecule has 0 aromatic heterocycles. The van der Waals surface area contributed by atoms with Crippen LogP contribution in [-0.4, -0.2) is 18.5 Å². The molecule has 2 rings (SSSR count). The molecule has 0 fully saturated rings. The first-order valence-electron chi connectivity index (χ1n) is 9.64. The third-order valence-corrected chi connectivity index (χ3v) is 4.10. The van der Waals surface area contributed by atoms with Crippen molar-refractivity contribution in [3.63, 3.8) is 0 Å². The van der Waals surface area contributed by atoms with E-state index in [0.29, 0.717) is 29.7 Å². The first-order valence-corrected chi connectivity index (χ1v) is 9.64. The van der Waals surface area contributed by atoms with Crippen molar-refractivity contribution in [3.05, 3.63) is 108 Å². The lowest BCUT2D eigenvalue weighted by atomic mass is 10.1. The predicted octanol–water partition coefficient (Wildman–Crippen LogP) is 5.89. The van der Waals surface area contributed by atoms with Crippen LogP contribution in [-0.2, 0) is 9.47 Å². The Labute approximate surface area is 172 Å². The summed E-state index contributed by atoms with van der Waals surface area (Å²) in [5, 5.41) is 0. The quantitative estimate of drug-likeness (QED) is 0.167. The SMILES string of the molecule is C=CC/C(=C\C(=C\CCOC(=O)c1ccccc1)CC)OC(=O)c1ccccc1. The maximum Gasteiger partial charge on any atom is 0.343 e. The van der Waals surface area contributed by atoms with Gasteiger partial charge in [0.2, 0.25) is 0 Å². The monoisotopic (exact) mass is 390 g/mol. The molecule has 0 saturated heterocycles. The Balaban J connectivity index is 1.95. The topological polar surface area (TPSA) is 52.6 Å². The van der Waals surface area contributed by atoms with E-state index >= 15 is 0 Å². The van der Waals surface area contributed by atoms with Gasteiger partial charge in [-0.05, 0) is 42.3 Å². The van der Waals surface area contributed by atoms with Crippen LogP contribution in [0.25, 0.3) is 0 Å². The van der Waals surface area contributed by atoms with Crippen molar-refractivity contribution in [2.45, 2.75) is 26.2 Å². The Morgan fingerprint density at radius 1 is 0.931 bits per heavy atom. The summed E-state index contributed by atoms with van der Waals surface area (Å²) in [7, 11) is 0. The van der Waals surface area contributed by atoms with Gasteiger partial charge in [-0.2, -0.15) is 0 Å². The van der Waals surface area contributed by atoms with E-state index in [0.717, 1.165) is 12.0 Å². The number of allylic oxidation sites excluding steroid dienone is 3. The minimum absolute atomic E-state index is 0.283. The molecule has 0 bridgehead atoms. The smallest absolute Gasteiger partial charge is 0.343 e. The fraction of sp³-hybridized carbons (Fsp3) is 0.200. The molecule has 0 atom stereocenters. The Hall–Kier alpha value is -3.40. The van der Waals surface area contributed by atoms with E-state index < -0.39 is 5.97 Å². The number of hydrogen-bond donors (Lipinski definition) is 0. The van der Waals surface area contributed by atoms with Gasteiger partial charge in [0.05, 0.1) is 17.7 Å². The number of esters is 2. The number of carbonyl (C=O) groups is 2. The van der Waals surface area contributed by atoms with Crippen LogP contribution in [0.15, 0.2) is 96.8 Å². The van der Waals surface area contributed by atoms with Crippen molar-refractivity contribution in [2.24, 2.45) is 0 Å². The molecular formula is C25H26O4. The van der Waals surface area contributed by atoms with E-state index in [9.17, 15) is 9.59 Å². The highest BCUT2D eigenvalue weighted by molar-refractivity contribution is 5.90. The van der Waals surface area contributed by atoms with Crippen LogP contribution in [0, 0.1) is 0 Å². The van der Waals surface area contributed by atoms with Gasteiger partial charge in [0.1, 0.15) is 5.76 Å². The summed E-state index contributed by atoms with van der Waals surface area (Å²) < 4.78 is 10.8. The predicted molar refractivity (Wildman–Crippen MR) is 114 cm³/mol. The minimum Gasteiger partial charge on any atom is -0.462 e. The van der Waals surface area contributed by atoms with E-state index in [1.54, 1.807) is 54.6 Å². The maximum absolute atomic E-state index is 12.3. The second kappa shape index (κ2) is 12.1. The summed E-state index contributed by atoms with van der Waals surface area (Å²) in [6.45, 7) is 6.03. The summed E-state index contributed by atoms with van der Waals surface area (Å²) in [6.07, 6.45) is 7.31. The number of ether oxygens (including phenoxy) is 2. The van der Waals surface area contributed by atoms with Crippen LogP contribution in [0.1, 0.15) is 46.9 Å². The van der Waals surface area contributed by atoms with E-state index in [-0.39, 0.29) is 12.6 Å². The molecule has 4 nitrogen and oxygen atoms in total. The molecule has 0 heterocycles. The fourth-order valence-corrected chi connectivity index (χ4v) is 2.59. The molecule has 0 N–H and O–H groups in total.